The Balaban J connectivity index is 2.45. The first kappa shape index (κ1) is 12.5. The lowest BCUT2D eigenvalue weighted by molar-refractivity contribution is 0.103. The maximum atomic E-state index is 12.4. The summed E-state index contributed by atoms with van der Waals surface area (Å²) in [5.74, 6) is 0.493. The van der Waals surface area contributed by atoms with Crippen molar-refractivity contribution in [3.63, 3.8) is 0 Å². The number of aromatic nitrogens is 1. The van der Waals surface area contributed by atoms with Gasteiger partial charge in [0.25, 0.3) is 0 Å². The van der Waals surface area contributed by atoms with Crippen molar-refractivity contribution in [3.05, 3.63) is 65.0 Å². The zero-order valence-electron chi connectivity index (χ0n) is 11.0. The van der Waals surface area contributed by atoms with Gasteiger partial charge in [-0.3, -0.25) is 9.78 Å². The Kier molecular flexibility index (Phi) is 3.56. The van der Waals surface area contributed by atoms with Gasteiger partial charge in [-0.05, 0) is 42.2 Å². The van der Waals surface area contributed by atoms with Gasteiger partial charge in [0.05, 0.1) is 0 Å². The topological polar surface area (TPSA) is 30.0 Å². The van der Waals surface area contributed by atoms with Crippen LogP contribution in [0.2, 0.25) is 0 Å². The van der Waals surface area contributed by atoms with Crippen molar-refractivity contribution in [3.8, 4) is 0 Å². The van der Waals surface area contributed by atoms with Gasteiger partial charge in [-0.1, -0.05) is 26.0 Å². The molecule has 18 heavy (non-hydrogen) atoms. The molecule has 2 rings (SSSR count). The minimum Gasteiger partial charge on any atom is -0.289 e. The number of ketones is 1. The molecule has 0 aliphatic rings. The molecular weight excluding hydrogens is 222 g/mol. The fourth-order valence-electron chi connectivity index (χ4n) is 1.90. The average molecular weight is 239 g/mol. The summed E-state index contributed by atoms with van der Waals surface area (Å²) in [6.07, 6.45) is 3.30. The molecule has 1 heterocycles. The average Bonchev–Trinajstić information content (AvgIpc) is 2.39. The highest BCUT2D eigenvalue weighted by Gasteiger charge is 2.13. The van der Waals surface area contributed by atoms with E-state index in [9.17, 15) is 4.79 Å². The summed E-state index contributed by atoms with van der Waals surface area (Å²) in [7, 11) is 0. The predicted molar refractivity (Wildman–Crippen MR) is 72.9 cm³/mol. The third-order valence-electron chi connectivity index (χ3n) is 3.12. The summed E-state index contributed by atoms with van der Waals surface area (Å²) < 4.78 is 0. The van der Waals surface area contributed by atoms with E-state index >= 15 is 0 Å². The number of rotatable bonds is 3. The van der Waals surface area contributed by atoms with E-state index in [1.165, 1.54) is 5.56 Å². The first-order valence-corrected chi connectivity index (χ1v) is 6.15. The molecule has 0 amide bonds. The predicted octanol–water partition coefficient (Wildman–Crippen LogP) is 3.74. The van der Waals surface area contributed by atoms with E-state index in [-0.39, 0.29) is 5.78 Å². The van der Waals surface area contributed by atoms with Gasteiger partial charge in [0, 0.05) is 23.5 Å². The van der Waals surface area contributed by atoms with Crippen molar-refractivity contribution in [1.82, 2.24) is 4.98 Å². The molecule has 2 aromatic rings. The minimum atomic E-state index is 0.0670. The molecule has 0 aliphatic heterocycles. The zero-order chi connectivity index (χ0) is 13.1. The van der Waals surface area contributed by atoms with Gasteiger partial charge in [-0.25, -0.2) is 0 Å². The third-order valence-corrected chi connectivity index (χ3v) is 3.12. The molecule has 0 saturated carbocycles. The summed E-state index contributed by atoms with van der Waals surface area (Å²) in [5, 5.41) is 0. The molecular formula is C16H17NO. The first-order valence-electron chi connectivity index (χ1n) is 6.15. The summed E-state index contributed by atoms with van der Waals surface area (Å²) in [4.78, 5) is 16.4. The number of nitrogens with zero attached hydrogens (tertiary/aromatic N) is 1. The number of hydrogen-bond donors (Lipinski definition) is 0. The van der Waals surface area contributed by atoms with Crippen LogP contribution in [0.25, 0.3) is 0 Å². The minimum absolute atomic E-state index is 0.0670. The van der Waals surface area contributed by atoms with Crippen LogP contribution < -0.4 is 0 Å². The summed E-state index contributed by atoms with van der Waals surface area (Å²) >= 11 is 0. The van der Waals surface area contributed by atoms with Crippen LogP contribution in [0.5, 0.6) is 0 Å². The second kappa shape index (κ2) is 5.13. The van der Waals surface area contributed by atoms with Crippen molar-refractivity contribution in [2.24, 2.45) is 0 Å². The monoisotopic (exact) mass is 239 g/mol. The molecule has 0 bridgehead atoms. The second-order valence-corrected chi connectivity index (χ2v) is 4.79. The maximum absolute atomic E-state index is 12.4. The zero-order valence-corrected chi connectivity index (χ0v) is 11.0. The van der Waals surface area contributed by atoms with E-state index < -0.39 is 0 Å². The van der Waals surface area contributed by atoms with E-state index in [0.29, 0.717) is 11.5 Å². The smallest absolute Gasteiger partial charge is 0.193 e. The number of hydrogen-bond acceptors (Lipinski definition) is 2. The molecule has 0 spiro atoms. The highest BCUT2D eigenvalue weighted by atomic mass is 16.1. The fourth-order valence-corrected chi connectivity index (χ4v) is 1.90. The van der Waals surface area contributed by atoms with Crippen molar-refractivity contribution >= 4 is 5.78 Å². The number of benzene rings is 1. The molecule has 2 nitrogen and oxygen atoms in total. The summed E-state index contributed by atoms with van der Waals surface area (Å²) in [6, 6.07) is 9.61. The van der Waals surface area contributed by atoms with Gasteiger partial charge in [-0.2, -0.15) is 0 Å². The summed E-state index contributed by atoms with van der Waals surface area (Å²) in [6.45, 7) is 6.23. The molecule has 2 heteroatoms. The van der Waals surface area contributed by atoms with E-state index in [4.69, 9.17) is 0 Å². The lowest BCUT2D eigenvalue weighted by atomic mass is 9.94. The number of aryl methyl sites for hydroxylation is 1. The molecule has 0 N–H and O–H groups in total. The van der Waals surface area contributed by atoms with Crippen LogP contribution in [0, 0.1) is 6.92 Å². The summed E-state index contributed by atoms with van der Waals surface area (Å²) in [5.41, 5.74) is 3.68. The molecule has 0 unspecified atom stereocenters. The van der Waals surface area contributed by atoms with Gasteiger partial charge in [0.2, 0.25) is 0 Å². The van der Waals surface area contributed by atoms with Crippen molar-refractivity contribution in [2.45, 2.75) is 26.7 Å². The number of pyridine rings is 1. The highest BCUT2D eigenvalue weighted by molar-refractivity contribution is 6.09. The number of carbonyl (C=O) groups is 1. The first-order chi connectivity index (χ1) is 8.59. The van der Waals surface area contributed by atoms with Crippen LogP contribution in [0.15, 0.2) is 42.7 Å². The van der Waals surface area contributed by atoms with Gasteiger partial charge in [0.15, 0.2) is 5.78 Å². The Morgan fingerprint density at radius 2 is 1.78 bits per heavy atom. The normalized spacial score (nSPS) is 10.7. The fraction of sp³-hybridized carbons (Fsp3) is 0.250. The van der Waals surface area contributed by atoms with Crippen molar-refractivity contribution in [2.75, 3.05) is 0 Å². The van der Waals surface area contributed by atoms with E-state index in [2.05, 4.69) is 24.9 Å². The lowest BCUT2D eigenvalue weighted by Gasteiger charge is -2.10. The van der Waals surface area contributed by atoms with Gasteiger partial charge in [0.1, 0.15) is 0 Å². The molecule has 92 valence electrons. The van der Waals surface area contributed by atoms with E-state index in [1.54, 1.807) is 24.5 Å². The van der Waals surface area contributed by atoms with E-state index in [0.717, 1.165) is 11.1 Å². The Morgan fingerprint density at radius 1 is 1.11 bits per heavy atom. The van der Waals surface area contributed by atoms with Gasteiger partial charge < -0.3 is 0 Å². The quantitative estimate of drug-likeness (QED) is 0.764. The highest BCUT2D eigenvalue weighted by Crippen LogP contribution is 2.20. The van der Waals surface area contributed by atoms with Crippen LogP contribution in [-0.2, 0) is 0 Å². The molecule has 1 aromatic carbocycles. The van der Waals surface area contributed by atoms with Crippen LogP contribution in [0.4, 0.5) is 0 Å². The lowest BCUT2D eigenvalue weighted by Crippen LogP contribution is -2.05. The third kappa shape index (κ3) is 2.48. The Labute approximate surface area is 108 Å². The van der Waals surface area contributed by atoms with Crippen LogP contribution in [-0.4, -0.2) is 10.8 Å². The SMILES string of the molecule is Cc1ccc(C(C)C)cc1C(=O)c1ccncc1. The standard InChI is InChI=1S/C16H17NO/c1-11(2)14-5-4-12(3)15(10-14)16(18)13-6-8-17-9-7-13/h4-11H,1-3H3. The molecule has 0 fully saturated rings. The number of carbonyl (C=O) groups excluding carboxylic acids is 1. The molecule has 0 aliphatic carbocycles. The Hall–Kier alpha value is -1.96. The molecule has 1 aromatic heterocycles. The largest absolute Gasteiger partial charge is 0.289 e. The van der Waals surface area contributed by atoms with Crippen LogP contribution >= 0.6 is 0 Å². The van der Waals surface area contributed by atoms with Crippen molar-refractivity contribution < 1.29 is 4.79 Å². The maximum Gasteiger partial charge on any atom is 0.193 e. The Morgan fingerprint density at radius 3 is 2.39 bits per heavy atom. The Bertz CT molecular complexity index is 559. The van der Waals surface area contributed by atoms with Crippen LogP contribution in [0.3, 0.4) is 0 Å². The molecule has 0 saturated heterocycles. The molecule has 0 radical (unpaired) electrons. The second-order valence-electron chi connectivity index (χ2n) is 4.79. The van der Waals surface area contributed by atoms with Gasteiger partial charge in [-0.15, -0.1) is 0 Å². The van der Waals surface area contributed by atoms with Gasteiger partial charge >= 0.3 is 0 Å². The van der Waals surface area contributed by atoms with Crippen LogP contribution in [0.1, 0.15) is 46.8 Å². The van der Waals surface area contributed by atoms with E-state index in [1.807, 2.05) is 19.1 Å². The van der Waals surface area contributed by atoms with Crippen molar-refractivity contribution in [1.29, 1.82) is 0 Å². The molecule has 0 atom stereocenters.